The number of amides is 3. The number of carbonyl (C=O) groups excluding carboxylic acids is 2. The van der Waals surface area contributed by atoms with Crippen molar-refractivity contribution in [3.8, 4) is 11.5 Å². The zero-order chi connectivity index (χ0) is 21.8. The van der Waals surface area contributed by atoms with Gasteiger partial charge in [0.15, 0.2) is 0 Å². The van der Waals surface area contributed by atoms with Crippen LogP contribution >= 0.6 is 0 Å². The number of unbranched alkanes of at least 4 members (excludes halogenated alkanes) is 2. The molecule has 1 aromatic rings. The maximum Gasteiger partial charge on any atom is 0.312 e. The molecule has 1 fully saturated rings. The second-order valence-corrected chi connectivity index (χ2v) is 6.93. The summed E-state index contributed by atoms with van der Waals surface area (Å²) in [6.07, 6.45) is 2.72. The first-order valence-corrected chi connectivity index (χ1v) is 10.6. The number of rotatable bonds is 12. The van der Waals surface area contributed by atoms with Gasteiger partial charge in [0.1, 0.15) is 11.5 Å². The zero-order valence-corrected chi connectivity index (χ0v) is 18.0. The third kappa shape index (κ3) is 7.62. The van der Waals surface area contributed by atoms with Gasteiger partial charge in [-0.1, -0.05) is 6.42 Å². The summed E-state index contributed by atoms with van der Waals surface area (Å²) in [4.78, 5) is 25.3. The largest absolute Gasteiger partial charge is 0.492 e. The number of urea groups is 1. The van der Waals surface area contributed by atoms with Crippen LogP contribution in [0, 0.1) is 0 Å². The molecule has 1 aliphatic heterocycles. The minimum absolute atomic E-state index is 0.0830. The number of ether oxygens (including phenoxy) is 3. The Labute approximate surface area is 178 Å². The lowest BCUT2D eigenvalue weighted by Gasteiger charge is -2.31. The molecule has 0 radical (unpaired) electrons. The van der Waals surface area contributed by atoms with Crippen LogP contribution < -0.4 is 30.7 Å². The molecule has 0 bridgehead atoms. The molecule has 0 aliphatic carbocycles. The minimum atomic E-state index is -0.526. The summed E-state index contributed by atoms with van der Waals surface area (Å²) in [6.45, 7) is 8.29. The molecule has 1 aliphatic rings. The van der Waals surface area contributed by atoms with Crippen LogP contribution in [0.25, 0.3) is 0 Å². The minimum Gasteiger partial charge on any atom is -0.492 e. The Morgan fingerprint density at radius 2 is 1.77 bits per heavy atom. The van der Waals surface area contributed by atoms with Crippen molar-refractivity contribution in [2.75, 3.05) is 56.3 Å². The summed E-state index contributed by atoms with van der Waals surface area (Å²) < 4.78 is 17.1. The van der Waals surface area contributed by atoms with E-state index in [1.807, 2.05) is 26.0 Å². The van der Waals surface area contributed by atoms with E-state index in [9.17, 15) is 9.59 Å². The molecule has 0 saturated carbocycles. The molecule has 3 amide bonds. The summed E-state index contributed by atoms with van der Waals surface area (Å²) in [7, 11) is 0. The van der Waals surface area contributed by atoms with E-state index in [4.69, 9.17) is 19.9 Å². The normalized spacial score (nSPS) is 13.6. The van der Waals surface area contributed by atoms with Crippen LogP contribution in [-0.4, -0.2) is 58.0 Å². The van der Waals surface area contributed by atoms with Crippen LogP contribution in [0.5, 0.6) is 11.5 Å². The monoisotopic (exact) mass is 422 g/mol. The van der Waals surface area contributed by atoms with Gasteiger partial charge in [0.05, 0.1) is 37.8 Å². The van der Waals surface area contributed by atoms with Gasteiger partial charge in [-0.2, -0.15) is 0 Å². The van der Waals surface area contributed by atoms with E-state index in [1.54, 1.807) is 0 Å². The summed E-state index contributed by atoms with van der Waals surface area (Å²) in [6, 6.07) is 3.25. The first kappa shape index (κ1) is 23.6. The molecule has 30 heavy (non-hydrogen) atoms. The van der Waals surface area contributed by atoms with Crippen LogP contribution in [-0.2, 0) is 9.53 Å². The van der Waals surface area contributed by atoms with Gasteiger partial charge in [0.25, 0.3) is 0 Å². The zero-order valence-electron chi connectivity index (χ0n) is 18.0. The van der Waals surface area contributed by atoms with E-state index in [-0.39, 0.29) is 5.91 Å². The number of primary amides is 1. The number of hydrogen-bond acceptors (Lipinski definition) is 6. The molecular formula is C21H34N4O5. The summed E-state index contributed by atoms with van der Waals surface area (Å²) in [5.74, 6) is 1.26. The Morgan fingerprint density at radius 1 is 1.07 bits per heavy atom. The Hall–Kier alpha value is -2.68. The number of hydrogen-bond donors (Lipinski definition) is 3. The van der Waals surface area contributed by atoms with E-state index in [1.165, 1.54) is 0 Å². The SMILES string of the molecule is CCOc1cc(N2CCOCC2)c(OCC)cc1NC(=O)CCCCCNC(N)=O. The number of nitrogens with two attached hydrogens (primary N) is 1. The molecule has 0 unspecified atom stereocenters. The Bertz CT molecular complexity index is 692. The van der Waals surface area contributed by atoms with Gasteiger partial charge in [-0.15, -0.1) is 0 Å². The van der Waals surface area contributed by atoms with Crippen molar-refractivity contribution < 1.29 is 23.8 Å². The maximum absolute atomic E-state index is 12.4. The van der Waals surface area contributed by atoms with Gasteiger partial charge in [0, 0.05) is 38.2 Å². The molecule has 1 heterocycles. The molecule has 0 spiro atoms. The molecule has 1 aromatic carbocycles. The molecule has 2 rings (SSSR count). The average molecular weight is 423 g/mol. The lowest BCUT2D eigenvalue weighted by Crippen LogP contribution is -2.36. The van der Waals surface area contributed by atoms with Gasteiger partial charge in [-0.05, 0) is 26.7 Å². The maximum atomic E-state index is 12.4. The van der Waals surface area contributed by atoms with Gasteiger partial charge < -0.3 is 35.5 Å². The highest BCUT2D eigenvalue weighted by molar-refractivity contribution is 5.93. The lowest BCUT2D eigenvalue weighted by molar-refractivity contribution is -0.116. The molecule has 0 atom stereocenters. The third-order valence-corrected chi connectivity index (χ3v) is 4.67. The van der Waals surface area contributed by atoms with Gasteiger partial charge >= 0.3 is 6.03 Å². The quantitative estimate of drug-likeness (QED) is 0.446. The molecule has 168 valence electrons. The Morgan fingerprint density at radius 3 is 2.43 bits per heavy atom. The van der Waals surface area contributed by atoms with Crippen molar-refractivity contribution in [1.29, 1.82) is 0 Å². The number of nitrogens with one attached hydrogen (secondary N) is 2. The van der Waals surface area contributed by atoms with Crippen LogP contribution in [0.2, 0.25) is 0 Å². The highest BCUT2D eigenvalue weighted by Crippen LogP contribution is 2.39. The van der Waals surface area contributed by atoms with Crippen molar-refractivity contribution in [2.45, 2.75) is 39.5 Å². The lowest BCUT2D eigenvalue weighted by atomic mass is 10.1. The van der Waals surface area contributed by atoms with Gasteiger partial charge in [0.2, 0.25) is 5.91 Å². The van der Waals surface area contributed by atoms with Gasteiger partial charge in [-0.25, -0.2) is 4.79 Å². The highest BCUT2D eigenvalue weighted by atomic mass is 16.5. The Balaban J connectivity index is 2.03. The van der Waals surface area contributed by atoms with E-state index in [0.29, 0.717) is 50.8 Å². The van der Waals surface area contributed by atoms with E-state index in [0.717, 1.165) is 43.8 Å². The molecule has 9 heteroatoms. The van der Waals surface area contributed by atoms with Crippen LogP contribution in [0.4, 0.5) is 16.2 Å². The predicted molar refractivity (Wildman–Crippen MR) is 116 cm³/mol. The second kappa shape index (κ2) is 12.8. The molecule has 9 nitrogen and oxygen atoms in total. The predicted octanol–water partition coefficient (Wildman–Crippen LogP) is 2.49. The van der Waals surface area contributed by atoms with Crippen molar-refractivity contribution in [3.63, 3.8) is 0 Å². The second-order valence-electron chi connectivity index (χ2n) is 6.93. The van der Waals surface area contributed by atoms with E-state index in [2.05, 4.69) is 15.5 Å². The van der Waals surface area contributed by atoms with Crippen molar-refractivity contribution in [2.24, 2.45) is 5.73 Å². The fraction of sp³-hybridized carbons (Fsp3) is 0.619. The first-order valence-electron chi connectivity index (χ1n) is 10.6. The fourth-order valence-corrected chi connectivity index (χ4v) is 3.26. The number of morpholine rings is 1. The van der Waals surface area contributed by atoms with Crippen molar-refractivity contribution in [3.05, 3.63) is 12.1 Å². The number of carbonyl (C=O) groups is 2. The van der Waals surface area contributed by atoms with Crippen LogP contribution in [0.15, 0.2) is 12.1 Å². The number of nitrogens with zero attached hydrogens (tertiary/aromatic N) is 1. The van der Waals surface area contributed by atoms with E-state index >= 15 is 0 Å². The van der Waals surface area contributed by atoms with Crippen molar-refractivity contribution in [1.82, 2.24) is 5.32 Å². The summed E-state index contributed by atoms with van der Waals surface area (Å²) in [5, 5.41) is 5.50. The Kier molecular flexibility index (Phi) is 10.1. The van der Waals surface area contributed by atoms with Gasteiger partial charge in [-0.3, -0.25) is 4.79 Å². The third-order valence-electron chi connectivity index (χ3n) is 4.67. The summed E-state index contributed by atoms with van der Waals surface area (Å²) in [5.41, 5.74) is 6.58. The van der Waals surface area contributed by atoms with Crippen LogP contribution in [0.3, 0.4) is 0 Å². The van der Waals surface area contributed by atoms with Crippen LogP contribution in [0.1, 0.15) is 39.5 Å². The fourth-order valence-electron chi connectivity index (χ4n) is 3.26. The molecule has 4 N–H and O–H groups in total. The smallest absolute Gasteiger partial charge is 0.312 e. The number of anilines is 2. The molecule has 0 aromatic heterocycles. The van der Waals surface area contributed by atoms with Crippen molar-refractivity contribution >= 4 is 23.3 Å². The average Bonchev–Trinajstić information content (AvgIpc) is 2.73. The standard InChI is InChI=1S/C21H34N4O5/c1-3-29-18-15-17(25-10-12-28-13-11-25)19(30-4-2)14-16(18)24-20(26)8-6-5-7-9-23-21(22)27/h14-15H,3-13H2,1-2H3,(H,24,26)(H3,22,23,27). The molecular weight excluding hydrogens is 388 g/mol. The number of benzene rings is 1. The summed E-state index contributed by atoms with van der Waals surface area (Å²) >= 11 is 0. The molecule has 1 saturated heterocycles. The highest BCUT2D eigenvalue weighted by Gasteiger charge is 2.20. The first-order chi connectivity index (χ1) is 14.5. The van der Waals surface area contributed by atoms with E-state index < -0.39 is 6.03 Å². The topological polar surface area (TPSA) is 115 Å².